The maximum absolute atomic E-state index is 12.7. The van der Waals surface area contributed by atoms with E-state index in [1.165, 1.54) is 11.3 Å². The predicted molar refractivity (Wildman–Crippen MR) is 91.2 cm³/mol. The lowest BCUT2D eigenvalue weighted by molar-refractivity contribution is -0.147. The SMILES string of the molecule is NC(=O)c1c(NC(=O)C2CCCCC2C(=O)O)sc2c1CCCC2. The van der Waals surface area contributed by atoms with Crippen LogP contribution in [0.5, 0.6) is 0 Å². The van der Waals surface area contributed by atoms with Crippen LogP contribution in [-0.4, -0.2) is 22.9 Å². The van der Waals surface area contributed by atoms with Crippen LogP contribution in [0.15, 0.2) is 0 Å². The summed E-state index contributed by atoms with van der Waals surface area (Å²) in [6, 6.07) is 0. The molecule has 7 heteroatoms. The second kappa shape index (κ2) is 6.93. The monoisotopic (exact) mass is 350 g/mol. The number of nitrogens with two attached hydrogens (primary N) is 1. The van der Waals surface area contributed by atoms with Gasteiger partial charge in [0.15, 0.2) is 0 Å². The molecule has 1 saturated carbocycles. The van der Waals surface area contributed by atoms with Crippen LogP contribution in [0.4, 0.5) is 5.00 Å². The molecule has 2 atom stereocenters. The van der Waals surface area contributed by atoms with Gasteiger partial charge in [-0.1, -0.05) is 12.8 Å². The maximum Gasteiger partial charge on any atom is 0.307 e. The van der Waals surface area contributed by atoms with E-state index < -0.39 is 23.7 Å². The number of anilines is 1. The molecular formula is C17H22N2O4S. The first kappa shape index (κ1) is 17.0. The van der Waals surface area contributed by atoms with Crippen LogP contribution in [0.1, 0.15) is 59.3 Å². The van der Waals surface area contributed by atoms with Crippen molar-refractivity contribution in [2.75, 3.05) is 5.32 Å². The van der Waals surface area contributed by atoms with Gasteiger partial charge in [0.1, 0.15) is 5.00 Å². The van der Waals surface area contributed by atoms with Crippen molar-refractivity contribution in [1.29, 1.82) is 0 Å². The Kier molecular flexibility index (Phi) is 4.89. The quantitative estimate of drug-likeness (QED) is 0.775. The van der Waals surface area contributed by atoms with E-state index in [1.807, 2.05) is 0 Å². The van der Waals surface area contributed by atoms with Gasteiger partial charge in [0.05, 0.1) is 17.4 Å². The molecule has 2 unspecified atom stereocenters. The summed E-state index contributed by atoms with van der Waals surface area (Å²) >= 11 is 1.41. The standard InChI is InChI=1S/C17H22N2O4S/c18-14(20)13-11-7-3-4-8-12(11)24-16(13)19-15(21)9-5-1-2-6-10(9)17(22)23/h9-10H,1-8H2,(H2,18,20)(H,19,21)(H,22,23). The molecule has 1 aromatic heterocycles. The predicted octanol–water partition coefficient (Wildman–Crippen LogP) is 2.56. The zero-order valence-electron chi connectivity index (χ0n) is 13.5. The molecule has 0 bridgehead atoms. The fraction of sp³-hybridized carbons (Fsp3) is 0.588. The van der Waals surface area contributed by atoms with Gasteiger partial charge in [0, 0.05) is 4.88 Å². The zero-order valence-corrected chi connectivity index (χ0v) is 14.3. The van der Waals surface area contributed by atoms with Crippen LogP contribution < -0.4 is 11.1 Å². The first-order chi connectivity index (χ1) is 11.5. The van der Waals surface area contributed by atoms with Gasteiger partial charge in [-0.2, -0.15) is 0 Å². The molecule has 2 amide bonds. The van der Waals surface area contributed by atoms with E-state index in [-0.39, 0.29) is 5.91 Å². The highest BCUT2D eigenvalue weighted by molar-refractivity contribution is 7.17. The third-order valence-corrected chi connectivity index (χ3v) is 6.28. The largest absolute Gasteiger partial charge is 0.481 e. The molecule has 4 N–H and O–H groups in total. The summed E-state index contributed by atoms with van der Waals surface area (Å²) < 4.78 is 0. The molecule has 2 aliphatic rings. The Morgan fingerprint density at radius 3 is 2.38 bits per heavy atom. The number of thiophene rings is 1. The highest BCUT2D eigenvalue weighted by Gasteiger charge is 2.36. The third kappa shape index (κ3) is 3.17. The molecular weight excluding hydrogens is 328 g/mol. The average Bonchev–Trinajstić information content (AvgIpc) is 2.92. The normalized spacial score (nSPS) is 23.3. The summed E-state index contributed by atoms with van der Waals surface area (Å²) in [5.41, 5.74) is 6.92. The van der Waals surface area contributed by atoms with Gasteiger partial charge < -0.3 is 16.2 Å². The van der Waals surface area contributed by atoms with Crippen LogP contribution in [0.2, 0.25) is 0 Å². The van der Waals surface area contributed by atoms with Crippen molar-refractivity contribution in [2.45, 2.75) is 51.4 Å². The zero-order chi connectivity index (χ0) is 17.3. The van der Waals surface area contributed by atoms with Gasteiger partial charge in [0.25, 0.3) is 5.91 Å². The highest BCUT2D eigenvalue weighted by Crippen LogP contribution is 2.39. The summed E-state index contributed by atoms with van der Waals surface area (Å²) in [5.74, 6) is -2.94. The van der Waals surface area contributed by atoms with Gasteiger partial charge in [0.2, 0.25) is 5.91 Å². The molecule has 1 aromatic rings. The van der Waals surface area contributed by atoms with Gasteiger partial charge in [-0.25, -0.2) is 0 Å². The second-order valence-electron chi connectivity index (χ2n) is 6.60. The van der Waals surface area contributed by atoms with E-state index in [0.29, 0.717) is 23.4 Å². The molecule has 0 saturated heterocycles. The molecule has 1 fully saturated rings. The number of carbonyl (C=O) groups is 3. The Morgan fingerprint density at radius 1 is 1.04 bits per heavy atom. The Balaban J connectivity index is 1.85. The number of carboxylic acid groups (broad SMARTS) is 1. The molecule has 0 aliphatic heterocycles. The first-order valence-electron chi connectivity index (χ1n) is 8.47. The van der Waals surface area contributed by atoms with Crippen LogP contribution in [0.25, 0.3) is 0 Å². The number of aryl methyl sites for hydroxylation is 1. The Morgan fingerprint density at radius 2 is 1.71 bits per heavy atom. The molecule has 1 heterocycles. The summed E-state index contributed by atoms with van der Waals surface area (Å²) in [6.07, 6.45) is 6.57. The number of nitrogens with one attached hydrogen (secondary N) is 1. The summed E-state index contributed by atoms with van der Waals surface area (Å²) in [5, 5.41) is 12.7. The minimum absolute atomic E-state index is 0.303. The molecule has 0 radical (unpaired) electrons. The summed E-state index contributed by atoms with van der Waals surface area (Å²) in [4.78, 5) is 37.0. The number of hydrogen-bond acceptors (Lipinski definition) is 4. The number of rotatable bonds is 4. The molecule has 6 nitrogen and oxygen atoms in total. The van der Waals surface area contributed by atoms with Crippen LogP contribution in [-0.2, 0) is 22.4 Å². The summed E-state index contributed by atoms with van der Waals surface area (Å²) in [7, 11) is 0. The number of hydrogen-bond donors (Lipinski definition) is 3. The van der Waals surface area contributed by atoms with Crippen molar-refractivity contribution >= 4 is 34.1 Å². The van der Waals surface area contributed by atoms with Crippen LogP contribution >= 0.6 is 11.3 Å². The molecule has 0 aromatic carbocycles. The van der Waals surface area contributed by atoms with Gasteiger partial charge in [-0.15, -0.1) is 11.3 Å². The van der Waals surface area contributed by atoms with Crippen LogP contribution in [0.3, 0.4) is 0 Å². The lowest BCUT2D eigenvalue weighted by atomic mass is 9.78. The molecule has 3 rings (SSSR count). The summed E-state index contributed by atoms with van der Waals surface area (Å²) in [6.45, 7) is 0. The Hall–Kier alpha value is -1.89. The van der Waals surface area contributed by atoms with Crippen molar-refractivity contribution in [2.24, 2.45) is 17.6 Å². The van der Waals surface area contributed by atoms with Crippen molar-refractivity contribution in [3.05, 3.63) is 16.0 Å². The minimum Gasteiger partial charge on any atom is -0.481 e. The fourth-order valence-corrected chi connectivity index (χ4v) is 5.16. The highest BCUT2D eigenvalue weighted by atomic mass is 32.1. The van der Waals surface area contributed by atoms with Crippen molar-refractivity contribution in [3.8, 4) is 0 Å². The van der Waals surface area contributed by atoms with E-state index >= 15 is 0 Å². The van der Waals surface area contributed by atoms with Crippen molar-refractivity contribution in [1.82, 2.24) is 0 Å². The second-order valence-corrected chi connectivity index (χ2v) is 7.71. The number of carbonyl (C=O) groups excluding carboxylic acids is 2. The molecule has 130 valence electrons. The molecule has 2 aliphatic carbocycles. The molecule has 0 spiro atoms. The fourth-order valence-electron chi connectivity index (χ4n) is 3.86. The lowest BCUT2D eigenvalue weighted by Gasteiger charge is -2.27. The van der Waals surface area contributed by atoms with Gasteiger partial charge in [-0.3, -0.25) is 14.4 Å². The Labute approximate surface area is 144 Å². The number of fused-ring (bicyclic) bond motifs is 1. The smallest absolute Gasteiger partial charge is 0.307 e. The van der Waals surface area contributed by atoms with E-state index in [4.69, 9.17) is 5.73 Å². The number of amides is 2. The minimum atomic E-state index is -0.921. The maximum atomic E-state index is 12.7. The number of aliphatic carboxylic acids is 1. The van der Waals surface area contributed by atoms with E-state index in [1.54, 1.807) is 0 Å². The van der Waals surface area contributed by atoms with Gasteiger partial charge in [-0.05, 0) is 44.1 Å². The molecule has 24 heavy (non-hydrogen) atoms. The van der Waals surface area contributed by atoms with E-state index in [9.17, 15) is 19.5 Å². The topological polar surface area (TPSA) is 109 Å². The lowest BCUT2D eigenvalue weighted by Crippen LogP contribution is -2.36. The number of primary amides is 1. The van der Waals surface area contributed by atoms with Crippen molar-refractivity contribution in [3.63, 3.8) is 0 Å². The average molecular weight is 350 g/mol. The van der Waals surface area contributed by atoms with E-state index in [2.05, 4.69) is 5.32 Å². The number of carboxylic acids is 1. The van der Waals surface area contributed by atoms with Crippen molar-refractivity contribution < 1.29 is 19.5 Å². The third-order valence-electron chi connectivity index (χ3n) is 5.07. The van der Waals surface area contributed by atoms with Crippen LogP contribution in [0, 0.1) is 11.8 Å². The Bertz CT molecular complexity index is 682. The van der Waals surface area contributed by atoms with E-state index in [0.717, 1.165) is 49.0 Å². The van der Waals surface area contributed by atoms with Gasteiger partial charge >= 0.3 is 5.97 Å². The first-order valence-corrected chi connectivity index (χ1v) is 9.28.